The van der Waals surface area contributed by atoms with Gasteiger partial charge in [-0.3, -0.25) is 16.3 Å². The zero-order chi connectivity index (χ0) is 13.8. The third-order valence-electron chi connectivity index (χ3n) is 3.91. The molecule has 1 aromatic heterocycles. The van der Waals surface area contributed by atoms with Crippen LogP contribution in [0, 0.1) is 0 Å². The molecule has 1 unspecified atom stereocenters. The van der Waals surface area contributed by atoms with Gasteiger partial charge >= 0.3 is 0 Å². The normalized spacial score (nSPS) is 13.9. The largest absolute Gasteiger partial charge is 0.303 e. The lowest BCUT2D eigenvalue weighted by Crippen LogP contribution is -2.58. The van der Waals surface area contributed by atoms with E-state index in [0.29, 0.717) is 0 Å². The zero-order valence-electron chi connectivity index (χ0n) is 12.2. The predicted molar refractivity (Wildman–Crippen MR) is 76.2 cm³/mol. The first kappa shape index (κ1) is 15.1. The Morgan fingerprint density at radius 1 is 1.39 bits per heavy atom. The van der Waals surface area contributed by atoms with Gasteiger partial charge in [0.2, 0.25) is 0 Å². The van der Waals surface area contributed by atoms with E-state index in [0.717, 1.165) is 18.5 Å². The lowest BCUT2D eigenvalue weighted by molar-refractivity contribution is 0.137. The fraction of sp³-hybridized carbons (Fsp3) is 0.643. The van der Waals surface area contributed by atoms with Gasteiger partial charge in [0, 0.05) is 29.9 Å². The van der Waals surface area contributed by atoms with Crippen molar-refractivity contribution in [3.05, 3.63) is 29.6 Å². The number of hydrogen-bond donors (Lipinski definition) is 2. The minimum absolute atomic E-state index is 0.0279. The third-order valence-corrected chi connectivity index (χ3v) is 3.91. The van der Waals surface area contributed by atoms with E-state index >= 15 is 0 Å². The molecule has 0 saturated heterocycles. The minimum atomic E-state index is -0.0279. The maximum absolute atomic E-state index is 5.70. The highest BCUT2D eigenvalue weighted by molar-refractivity contribution is 5.15. The molecule has 4 heteroatoms. The van der Waals surface area contributed by atoms with Crippen LogP contribution < -0.4 is 11.3 Å². The molecule has 18 heavy (non-hydrogen) atoms. The molecule has 0 spiro atoms. The van der Waals surface area contributed by atoms with E-state index in [2.05, 4.69) is 62.3 Å². The number of nitrogens with one attached hydrogen (secondary N) is 1. The van der Waals surface area contributed by atoms with Crippen molar-refractivity contribution in [3.63, 3.8) is 0 Å². The standard InChI is InChI=1S/C14H26N4/c1-6-11-7-8-12(16-10-11)9-13(17-15)14(2,3)18(4)5/h7-8,10,13,17H,6,9,15H2,1-5H3. The van der Waals surface area contributed by atoms with Gasteiger partial charge in [0.1, 0.15) is 0 Å². The van der Waals surface area contributed by atoms with E-state index in [1.165, 1.54) is 5.56 Å². The number of aryl methyl sites for hydroxylation is 1. The van der Waals surface area contributed by atoms with Gasteiger partial charge in [0.25, 0.3) is 0 Å². The van der Waals surface area contributed by atoms with Gasteiger partial charge in [0.05, 0.1) is 0 Å². The molecule has 0 radical (unpaired) electrons. The van der Waals surface area contributed by atoms with Crippen molar-refractivity contribution in [2.75, 3.05) is 14.1 Å². The quantitative estimate of drug-likeness (QED) is 0.591. The first-order valence-corrected chi connectivity index (χ1v) is 6.49. The monoisotopic (exact) mass is 250 g/mol. The molecule has 0 aromatic carbocycles. The van der Waals surface area contributed by atoms with Crippen LogP contribution in [0.25, 0.3) is 0 Å². The van der Waals surface area contributed by atoms with E-state index < -0.39 is 0 Å². The van der Waals surface area contributed by atoms with Gasteiger partial charge in [-0.15, -0.1) is 0 Å². The lowest BCUT2D eigenvalue weighted by atomic mass is 9.90. The van der Waals surface area contributed by atoms with E-state index in [-0.39, 0.29) is 11.6 Å². The number of hydrazine groups is 1. The van der Waals surface area contributed by atoms with Gasteiger partial charge in [-0.05, 0) is 46.0 Å². The van der Waals surface area contributed by atoms with Crippen LogP contribution in [-0.2, 0) is 12.8 Å². The topological polar surface area (TPSA) is 54.2 Å². The number of rotatable bonds is 6. The van der Waals surface area contributed by atoms with Crippen molar-refractivity contribution < 1.29 is 0 Å². The molecule has 3 N–H and O–H groups in total. The molecule has 0 saturated carbocycles. The molecule has 1 aromatic rings. The average molecular weight is 250 g/mol. The van der Waals surface area contributed by atoms with E-state index in [1.54, 1.807) is 0 Å². The average Bonchev–Trinajstić information content (AvgIpc) is 2.36. The fourth-order valence-corrected chi connectivity index (χ4v) is 1.82. The van der Waals surface area contributed by atoms with Crippen molar-refractivity contribution in [1.29, 1.82) is 0 Å². The maximum Gasteiger partial charge on any atom is 0.0444 e. The van der Waals surface area contributed by atoms with Gasteiger partial charge in [0.15, 0.2) is 0 Å². The smallest absolute Gasteiger partial charge is 0.0444 e. The van der Waals surface area contributed by atoms with Crippen molar-refractivity contribution in [2.24, 2.45) is 5.84 Å². The second kappa shape index (κ2) is 6.27. The van der Waals surface area contributed by atoms with Crippen LogP contribution in [0.15, 0.2) is 18.3 Å². The highest BCUT2D eigenvalue weighted by Crippen LogP contribution is 2.18. The molecular weight excluding hydrogens is 224 g/mol. The van der Waals surface area contributed by atoms with Gasteiger partial charge in [-0.2, -0.15) is 0 Å². The SMILES string of the molecule is CCc1ccc(CC(NN)C(C)(C)N(C)C)nc1. The number of nitrogens with two attached hydrogens (primary N) is 1. The fourth-order valence-electron chi connectivity index (χ4n) is 1.82. The van der Waals surface area contributed by atoms with E-state index in [9.17, 15) is 0 Å². The van der Waals surface area contributed by atoms with Gasteiger partial charge in [-0.25, -0.2) is 0 Å². The summed E-state index contributed by atoms with van der Waals surface area (Å²) in [6, 6.07) is 4.39. The molecule has 1 atom stereocenters. The molecule has 102 valence electrons. The summed E-state index contributed by atoms with van der Waals surface area (Å²) in [7, 11) is 4.13. The summed E-state index contributed by atoms with van der Waals surface area (Å²) < 4.78 is 0. The lowest BCUT2D eigenvalue weighted by Gasteiger charge is -2.39. The summed E-state index contributed by atoms with van der Waals surface area (Å²) >= 11 is 0. The Labute approximate surface area is 111 Å². The van der Waals surface area contributed by atoms with Crippen molar-refractivity contribution >= 4 is 0 Å². The summed E-state index contributed by atoms with van der Waals surface area (Å²) in [5.74, 6) is 5.70. The first-order chi connectivity index (χ1) is 8.41. The molecule has 1 rings (SSSR count). The van der Waals surface area contributed by atoms with Crippen LogP contribution in [0.5, 0.6) is 0 Å². The number of nitrogens with zero attached hydrogens (tertiary/aromatic N) is 2. The number of aromatic nitrogens is 1. The van der Waals surface area contributed by atoms with Crippen LogP contribution in [0.1, 0.15) is 32.0 Å². The summed E-state index contributed by atoms with van der Waals surface area (Å²) in [6.45, 7) is 6.49. The summed E-state index contributed by atoms with van der Waals surface area (Å²) in [5, 5.41) is 0. The molecule has 0 amide bonds. The molecule has 0 aliphatic heterocycles. The highest BCUT2D eigenvalue weighted by Gasteiger charge is 2.31. The van der Waals surface area contributed by atoms with Crippen molar-refractivity contribution in [1.82, 2.24) is 15.3 Å². The van der Waals surface area contributed by atoms with E-state index in [1.807, 2.05) is 6.20 Å². The zero-order valence-corrected chi connectivity index (χ0v) is 12.2. The number of pyridine rings is 1. The first-order valence-electron chi connectivity index (χ1n) is 6.49. The summed E-state index contributed by atoms with van der Waals surface area (Å²) in [4.78, 5) is 6.67. The maximum atomic E-state index is 5.70. The second-order valence-corrected chi connectivity index (χ2v) is 5.48. The van der Waals surface area contributed by atoms with Gasteiger partial charge < -0.3 is 4.90 Å². The van der Waals surface area contributed by atoms with Crippen LogP contribution in [0.3, 0.4) is 0 Å². The Morgan fingerprint density at radius 2 is 2.06 bits per heavy atom. The molecule has 0 aliphatic rings. The highest BCUT2D eigenvalue weighted by atomic mass is 15.3. The molecule has 4 nitrogen and oxygen atoms in total. The summed E-state index contributed by atoms with van der Waals surface area (Å²) in [5.41, 5.74) is 5.23. The predicted octanol–water partition coefficient (Wildman–Crippen LogP) is 1.36. The van der Waals surface area contributed by atoms with Crippen LogP contribution in [0.4, 0.5) is 0 Å². The van der Waals surface area contributed by atoms with Gasteiger partial charge in [-0.1, -0.05) is 13.0 Å². The molecule has 0 fully saturated rings. The third kappa shape index (κ3) is 3.51. The van der Waals surface area contributed by atoms with E-state index in [4.69, 9.17) is 5.84 Å². The molecule has 0 aliphatic carbocycles. The number of likely N-dealkylation sites (N-methyl/N-ethyl adjacent to an activating group) is 1. The Balaban J connectivity index is 2.79. The Kier molecular flexibility index (Phi) is 5.26. The molecule has 1 heterocycles. The van der Waals surface area contributed by atoms with Crippen molar-refractivity contribution in [2.45, 2.75) is 45.2 Å². The van der Waals surface area contributed by atoms with Crippen LogP contribution >= 0.6 is 0 Å². The van der Waals surface area contributed by atoms with Crippen molar-refractivity contribution in [3.8, 4) is 0 Å². The Bertz CT molecular complexity index is 357. The van der Waals surface area contributed by atoms with Crippen LogP contribution in [0.2, 0.25) is 0 Å². The minimum Gasteiger partial charge on any atom is -0.303 e. The Morgan fingerprint density at radius 3 is 2.44 bits per heavy atom. The van der Waals surface area contributed by atoms with Crippen LogP contribution in [-0.4, -0.2) is 35.6 Å². The summed E-state index contributed by atoms with van der Waals surface area (Å²) in [6.07, 6.45) is 3.80. The number of hydrogen-bond acceptors (Lipinski definition) is 4. The molecule has 0 bridgehead atoms. The second-order valence-electron chi connectivity index (χ2n) is 5.48. The molecular formula is C14H26N4. The Hall–Kier alpha value is -0.970.